The maximum Gasteiger partial charge on any atom is 0.322 e. The Morgan fingerprint density at radius 3 is 2.64 bits per heavy atom. The van der Waals surface area contributed by atoms with Gasteiger partial charge < -0.3 is 10.4 Å². The Hall–Kier alpha value is -1.32. The van der Waals surface area contributed by atoms with Gasteiger partial charge in [-0.1, -0.05) is 25.8 Å². The first-order valence-corrected chi connectivity index (χ1v) is 4.83. The number of nitrogens with one attached hydrogen (secondary N) is 1. The van der Waals surface area contributed by atoms with Crippen molar-refractivity contribution >= 4 is 11.9 Å². The monoisotopic (exact) mass is 199 g/mol. The Bertz CT molecular complexity index is 211. The van der Waals surface area contributed by atoms with Crippen molar-refractivity contribution in [3.8, 4) is 0 Å². The fourth-order valence-corrected chi connectivity index (χ4v) is 0.924. The number of carboxylic acids is 1. The summed E-state index contributed by atoms with van der Waals surface area (Å²) in [5.41, 5.74) is 0. The van der Waals surface area contributed by atoms with Gasteiger partial charge in [0.15, 0.2) is 0 Å². The van der Waals surface area contributed by atoms with Crippen LogP contribution in [0.15, 0.2) is 12.2 Å². The Morgan fingerprint density at radius 2 is 2.07 bits per heavy atom. The lowest BCUT2D eigenvalue weighted by Crippen LogP contribution is -2.27. The van der Waals surface area contributed by atoms with Gasteiger partial charge in [0, 0.05) is 0 Å². The molecule has 0 fully saturated rings. The highest BCUT2D eigenvalue weighted by Crippen LogP contribution is 1.98. The van der Waals surface area contributed by atoms with E-state index in [1.165, 1.54) is 6.08 Å². The topological polar surface area (TPSA) is 66.4 Å². The molecule has 4 heteroatoms. The summed E-state index contributed by atoms with van der Waals surface area (Å²) in [5, 5.41) is 10.5. The van der Waals surface area contributed by atoms with E-state index in [9.17, 15) is 9.59 Å². The molecular formula is C10H17NO3. The molecule has 0 aliphatic carbocycles. The van der Waals surface area contributed by atoms with Crippen molar-refractivity contribution in [3.05, 3.63) is 12.2 Å². The van der Waals surface area contributed by atoms with Gasteiger partial charge in [-0.15, -0.1) is 0 Å². The lowest BCUT2D eigenvalue weighted by molar-refractivity contribution is -0.137. The standard InChI is InChI=1S/C10H17NO3/c1-2-3-4-5-6-7-9(12)11-8-10(13)14/h6-7H,2-5,8H2,1H3,(H,11,12)(H,13,14). The summed E-state index contributed by atoms with van der Waals surface area (Å²) >= 11 is 0. The predicted octanol–water partition coefficient (Wildman–Crippen LogP) is 1.32. The number of amides is 1. The van der Waals surface area contributed by atoms with Gasteiger partial charge in [-0.25, -0.2) is 0 Å². The maximum atomic E-state index is 10.9. The fraction of sp³-hybridized carbons (Fsp3) is 0.600. The average Bonchev–Trinajstić information content (AvgIpc) is 2.14. The van der Waals surface area contributed by atoms with E-state index in [2.05, 4.69) is 12.2 Å². The number of hydrogen-bond donors (Lipinski definition) is 2. The summed E-state index contributed by atoms with van der Waals surface area (Å²) < 4.78 is 0. The Labute approximate surface area is 84.0 Å². The number of carbonyl (C=O) groups is 2. The molecule has 0 spiro atoms. The van der Waals surface area contributed by atoms with E-state index in [1.54, 1.807) is 6.08 Å². The lowest BCUT2D eigenvalue weighted by Gasteiger charge is -1.96. The zero-order chi connectivity index (χ0) is 10.8. The first-order chi connectivity index (χ1) is 6.66. The Balaban J connectivity index is 3.46. The molecule has 0 atom stereocenters. The number of hydrogen-bond acceptors (Lipinski definition) is 2. The molecule has 14 heavy (non-hydrogen) atoms. The first kappa shape index (κ1) is 12.7. The van der Waals surface area contributed by atoms with Gasteiger partial charge >= 0.3 is 5.97 Å². The summed E-state index contributed by atoms with van der Waals surface area (Å²) in [4.78, 5) is 21.0. The first-order valence-electron chi connectivity index (χ1n) is 4.83. The van der Waals surface area contributed by atoms with Crippen LogP contribution in [0.4, 0.5) is 0 Å². The molecule has 0 bridgehead atoms. The molecule has 0 saturated carbocycles. The lowest BCUT2D eigenvalue weighted by atomic mass is 10.2. The molecule has 2 N–H and O–H groups in total. The van der Waals surface area contributed by atoms with E-state index in [4.69, 9.17) is 5.11 Å². The van der Waals surface area contributed by atoms with Crippen molar-refractivity contribution < 1.29 is 14.7 Å². The van der Waals surface area contributed by atoms with Gasteiger partial charge in [-0.2, -0.15) is 0 Å². The van der Waals surface area contributed by atoms with Crippen molar-refractivity contribution in [2.24, 2.45) is 0 Å². The summed E-state index contributed by atoms with van der Waals surface area (Å²) in [6.07, 6.45) is 7.40. The number of rotatable bonds is 7. The zero-order valence-electron chi connectivity index (χ0n) is 8.45. The van der Waals surface area contributed by atoms with E-state index in [0.29, 0.717) is 0 Å². The molecule has 80 valence electrons. The average molecular weight is 199 g/mol. The third-order valence-corrected chi connectivity index (χ3v) is 1.66. The normalized spacial score (nSPS) is 10.4. The number of carbonyl (C=O) groups excluding carboxylic acids is 1. The predicted molar refractivity (Wildman–Crippen MR) is 53.9 cm³/mol. The van der Waals surface area contributed by atoms with Crippen LogP contribution in [0.1, 0.15) is 32.6 Å². The molecular weight excluding hydrogens is 182 g/mol. The van der Waals surface area contributed by atoms with Crippen LogP contribution >= 0.6 is 0 Å². The van der Waals surface area contributed by atoms with Crippen molar-refractivity contribution in [1.82, 2.24) is 5.32 Å². The van der Waals surface area contributed by atoms with Crippen LogP contribution in [0.2, 0.25) is 0 Å². The van der Waals surface area contributed by atoms with Gasteiger partial charge in [-0.3, -0.25) is 9.59 Å². The van der Waals surface area contributed by atoms with Gasteiger partial charge in [-0.05, 0) is 18.9 Å². The molecule has 0 aliphatic heterocycles. The van der Waals surface area contributed by atoms with Gasteiger partial charge in [0.2, 0.25) is 5.91 Å². The molecule has 1 amide bonds. The SMILES string of the molecule is CCCCCC=CC(=O)NCC(=O)O. The highest BCUT2D eigenvalue weighted by molar-refractivity contribution is 5.89. The molecule has 0 radical (unpaired) electrons. The Morgan fingerprint density at radius 1 is 1.36 bits per heavy atom. The fourth-order valence-electron chi connectivity index (χ4n) is 0.924. The molecule has 0 aromatic carbocycles. The van der Waals surface area contributed by atoms with E-state index < -0.39 is 5.97 Å². The minimum Gasteiger partial charge on any atom is -0.480 e. The largest absolute Gasteiger partial charge is 0.480 e. The van der Waals surface area contributed by atoms with Crippen molar-refractivity contribution in [1.29, 1.82) is 0 Å². The molecule has 0 aromatic rings. The van der Waals surface area contributed by atoms with Crippen molar-refractivity contribution in [2.75, 3.05) is 6.54 Å². The molecule has 0 rings (SSSR count). The second kappa shape index (κ2) is 8.29. The molecule has 0 heterocycles. The zero-order valence-corrected chi connectivity index (χ0v) is 8.45. The van der Waals surface area contributed by atoms with Crippen LogP contribution in [-0.2, 0) is 9.59 Å². The van der Waals surface area contributed by atoms with Gasteiger partial charge in [0.1, 0.15) is 6.54 Å². The van der Waals surface area contributed by atoms with Crippen molar-refractivity contribution in [2.45, 2.75) is 32.6 Å². The van der Waals surface area contributed by atoms with Crippen LogP contribution < -0.4 is 5.32 Å². The van der Waals surface area contributed by atoms with Crippen LogP contribution in [0.3, 0.4) is 0 Å². The van der Waals surface area contributed by atoms with Gasteiger partial charge in [0.05, 0.1) is 0 Å². The molecule has 0 saturated heterocycles. The summed E-state index contributed by atoms with van der Waals surface area (Å²) in [6, 6.07) is 0. The number of unbranched alkanes of at least 4 members (excludes halogenated alkanes) is 3. The highest BCUT2D eigenvalue weighted by atomic mass is 16.4. The van der Waals surface area contributed by atoms with Crippen molar-refractivity contribution in [3.63, 3.8) is 0 Å². The molecule has 4 nitrogen and oxygen atoms in total. The molecule has 0 unspecified atom stereocenters. The van der Waals surface area contributed by atoms with Gasteiger partial charge in [0.25, 0.3) is 0 Å². The van der Waals surface area contributed by atoms with E-state index in [0.717, 1.165) is 25.7 Å². The number of aliphatic carboxylic acids is 1. The second-order valence-corrected chi connectivity index (χ2v) is 3.01. The minimum atomic E-state index is -1.03. The number of allylic oxidation sites excluding steroid dienone is 1. The van der Waals surface area contributed by atoms with Crippen LogP contribution in [0.25, 0.3) is 0 Å². The maximum absolute atomic E-state index is 10.9. The number of carboxylic acid groups (broad SMARTS) is 1. The van der Waals surface area contributed by atoms with E-state index in [1.807, 2.05) is 0 Å². The van der Waals surface area contributed by atoms with E-state index in [-0.39, 0.29) is 12.5 Å². The van der Waals surface area contributed by atoms with Crippen LogP contribution in [0.5, 0.6) is 0 Å². The second-order valence-electron chi connectivity index (χ2n) is 3.01. The minimum absolute atomic E-state index is 0.321. The van der Waals surface area contributed by atoms with Crippen LogP contribution in [0, 0.1) is 0 Å². The molecule has 0 aromatic heterocycles. The van der Waals surface area contributed by atoms with E-state index >= 15 is 0 Å². The quantitative estimate of drug-likeness (QED) is 0.480. The summed E-state index contributed by atoms with van der Waals surface area (Å²) in [7, 11) is 0. The van der Waals surface area contributed by atoms with Crippen LogP contribution in [-0.4, -0.2) is 23.5 Å². The summed E-state index contributed by atoms with van der Waals surface area (Å²) in [5.74, 6) is -1.37. The third-order valence-electron chi connectivity index (χ3n) is 1.66. The summed E-state index contributed by atoms with van der Waals surface area (Å²) in [6.45, 7) is 1.79. The third kappa shape index (κ3) is 8.77. The smallest absolute Gasteiger partial charge is 0.322 e. The highest BCUT2D eigenvalue weighted by Gasteiger charge is 1.98. The molecule has 0 aliphatic rings. The Kier molecular flexibility index (Phi) is 7.50.